The van der Waals surface area contributed by atoms with Gasteiger partial charge in [-0.3, -0.25) is 14.7 Å². The number of hydrogen-bond acceptors (Lipinski definition) is 5. The van der Waals surface area contributed by atoms with E-state index in [1.165, 1.54) is 6.26 Å². The van der Waals surface area contributed by atoms with Gasteiger partial charge in [0.2, 0.25) is 0 Å². The highest BCUT2D eigenvalue weighted by Gasteiger charge is 2.48. The average Bonchev–Trinajstić information content (AvgIpc) is 3.33. The lowest BCUT2D eigenvalue weighted by molar-refractivity contribution is 0.0322. The number of furan rings is 1. The number of hydrogen-bond donors (Lipinski definition) is 0. The second-order valence-corrected chi connectivity index (χ2v) is 7.81. The summed E-state index contributed by atoms with van der Waals surface area (Å²) in [7, 11) is 1.78. The van der Waals surface area contributed by atoms with Crippen molar-refractivity contribution >= 4 is 5.91 Å². The van der Waals surface area contributed by atoms with Gasteiger partial charge in [0.1, 0.15) is 6.26 Å². The summed E-state index contributed by atoms with van der Waals surface area (Å²) >= 11 is 0. The molecule has 0 aliphatic carbocycles. The Bertz CT molecular complexity index is 739. The number of piperidine rings is 1. The van der Waals surface area contributed by atoms with Crippen molar-refractivity contribution < 1.29 is 13.9 Å². The number of carbonyl (C=O) groups is 1. The standard InChI is InChI=1S/C21H27N3O3/c1-26-15-18-12-23(13-19-4-2-3-8-22-19)16-21(18)6-9-24(10-7-21)20(25)17-5-11-27-14-17/h2-5,8,11,14,18H,6-7,9-10,12-13,15-16H2,1H3. The van der Waals surface area contributed by atoms with Crippen molar-refractivity contribution in [3.8, 4) is 0 Å². The maximum Gasteiger partial charge on any atom is 0.257 e. The molecule has 6 nitrogen and oxygen atoms in total. The van der Waals surface area contributed by atoms with Gasteiger partial charge in [0.15, 0.2) is 0 Å². The molecule has 2 fully saturated rings. The number of rotatable bonds is 5. The number of ether oxygens (including phenoxy) is 1. The minimum Gasteiger partial charge on any atom is -0.472 e. The molecule has 1 amide bonds. The van der Waals surface area contributed by atoms with Gasteiger partial charge in [-0.2, -0.15) is 0 Å². The summed E-state index contributed by atoms with van der Waals surface area (Å²) in [5.41, 5.74) is 1.97. The first-order valence-electron chi connectivity index (χ1n) is 9.63. The van der Waals surface area contributed by atoms with E-state index in [2.05, 4.69) is 16.0 Å². The zero-order chi connectivity index (χ0) is 18.7. The topological polar surface area (TPSA) is 58.8 Å². The highest BCUT2D eigenvalue weighted by molar-refractivity contribution is 5.93. The SMILES string of the molecule is COCC1CN(Cc2ccccn2)CC12CCN(C(=O)c1ccoc1)CC2. The van der Waals surface area contributed by atoms with Gasteiger partial charge in [-0.1, -0.05) is 6.07 Å². The molecule has 1 atom stereocenters. The van der Waals surface area contributed by atoms with Crippen LogP contribution in [0.15, 0.2) is 47.4 Å². The molecule has 144 valence electrons. The number of methoxy groups -OCH3 is 1. The molecular weight excluding hydrogens is 342 g/mol. The predicted molar refractivity (Wildman–Crippen MR) is 101 cm³/mol. The highest BCUT2D eigenvalue weighted by Crippen LogP contribution is 2.45. The molecule has 0 N–H and O–H groups in total. The minimum atomic E-state index is 0.0743. The number of aromatic nitrogens is 1. The first-order chi connectivity index (χ1) is 13.2. The summed E-state index contributed by atoms with van der Waals surface area (Å²) in [4.78, 5) is 21.5. The number of carbonyl (C=O) groups excluding carboxylic acids is 1. The van der Waals surface area contributed by atoms with Crippen LogP contribution in [0.5, 0.6) is 0 Å². The van der Waals surface area contributed by atoms with Gasteiger partial charge >= 0.3 is 0 Å². The van der Waals surface area contributed by atoms with E-state index in [0.29, 0.717) is 11.5 Å². The molecule has 0 aromatic carbocycles. The number of pyridine rings is 1. The largest absolute Gasteiger partial charge is 0.472 e. The van der Waals surface area contributed by atoms with Gasteiger partial charge in [-0.25, -0.2) is 0 Å². The summed E-state index contributed by atoms with van der Waals surface area (Å²) in [5.74, 6) is 0.572. The molecule has 2 aliphatic heterocycles. The molecule has 0 saturated carbocycles. The molecule has 6 heteroatoms. The van der Waals surface area contributed by atoms with Crippen LogP contribution in [0.25, 0.3) is 0 Å². The maximum atomic E-state index is 12.6. The second-order valence-electron chi connectivity index (χ2n) is 7.81. The van der Waals surface area contributed by atoms with Crippen molar-refractivity contribution in [3.63, 3.8) is 0 Å². The molecule has 27 heavy (non-hydrogen) atoms. The van der Waals surface area contributed by atoms with Crippen molar-refractivity contribution in [3.05, 3.63) is 54.2 Å². The van der Waals surface area contributed by atoms with Crippen LogP contribution in [0.4, 0.5) is 0 Å². The van der Waals surface area contributed by atoms with Crippen LogP contribution in [0.2, 0.25) is 0 Å². The quantitative estimate of drug-likeness (QED) is 0.811. The van der Waals surface area contributed by atoms with Crippen molar-refractivity contribution in [1.29, 1.82) is 0 Å². The lowest BCUT2D eigenvalue weighted by atomic mass is 9.71. The third kappa shape index (κ3) is 3.77. The third-order valence-electron chi connectivity index (χ3n) is 6.18. The Morgan fingerprint density at radius 1 is 1.33 bits per heavy atom. The first-order valence-corrected chi connectivity index (χ1v) is 9.63. The first kappa shape index (κ1) is 18.2. The molecule has 0 bridgehead atoms. The van der Waals surface area contributed by atoms with Gasteiger partial charge in [-0.15, -0.1) is 0 Å². The van der Waals surface area contributed by atoms with E-state index in [4.69, 9.17) is 9.15 Å². The van der Waals surface area contributed by atoms with Crippen LogP contribution in [0.3, 0.4) is 0 Å². The predicted octanol–water partition coefficient (Wildman–Crippen LogP) is 2.68. The maximum absolute atomic E-state index is 12.6. The smallest absolute Gasteiger partial charge is 0.257 e. The van der Waals surface area contributed by atoms with Crippen molar-refractivity contribution in [2.24, 2.45) is 11.3 Å². The van der Waals surface area contributed by atoms with Crippen molar-refractivity contribution in [1.82, 2.24) is 14.8 Å². The van der Waals surface area contributed by atoms with Crippen LogP contribution < -0.4 is 0 Å². The summed E-state index contributed by atoms with van der Waals surface area (Å²) in [6.45, 7) is 5.31. The van der Waals surface area contributed by atoms with Crippen LogP contribution in [0.1, 0.15) is 28.9 Å². The Labute approximate surface area is 160 Å². The second kappa shape index (κ2) is 7.82. The fourth-order valence-electron chi connectivity index (χ4n) is 4.71. The van der Waals surface area contributed by atoms with Crippen LogP contribution in [-0.2, 0) is 11.3 Å². The summed E-state index contributed by atoms with van der Waals surface area (Å²) in [6.07, 6.45) is 6.98. The number of likely N-dealkylation sites (tertiary alicyclic amines) is 2. The van der Waals surface area contributed by atoms with Gasteiger partial charge in [0, 0.05) is 51.9 Å². The molecule has 4 rings (SSSR count). The zero-order valence-electron chi connectivity index (χ0n) is 15.8. The number of nitrogens with zero attached hydrogens (tertiary/aromatic N) is 3. The molecule has 1 spiro atoms. The van der Waals surface area contributed by atoms with E-state index in [0.717, 1.165) is 57.9 Å². The van der Waals surface area contributed by atoms with Crippen LogP contribution in [0, 0.1) is 11.3 Å². The lowest BCUT2D eigenvalue weighted by Crippen LogP contribution is -2.47. The Kier molecular flexibility index (Phi) is 5.27. The summed E-state index contributed by atoms with van der Waals surface area (Å²) in [6, 6.07) is 7.82. The highest BCUT2D eigenvalue weighted by atomic mass is 16.5. The van der Waals surface area contributed by atoms with Gasteiger partial charge in [0.05, 0.1) is 24.1 Å². The molecule has 0 radical (unpaired) electrons. The molecule has 2 aromatic rings. The van der Waals surface area contributed by atoms with Crippen molar-refractivity contribution in [2.75, 3.05) is 39.9 Å². The van der Waals surface area contributed by atoms with Crippen LogP contribution >= 0.6 is 0 Å². The van der Waals surface area contributed by atoms with E-state index >= 15 is 0 Å². The summed E-state index contributed by atoms with van der Waals surface area (Å²) in [5, 5.41) is 0. The molecular formula is C21H27N3O3. The van der Waals surface area contributed by atoms with E-state index in [1.807, 2.05) is 23.2 Å². The van der Waals surface area contributed by atoms with E-state index in [1.54, 1.807) is 19.4 Å². The molecule has 2 aliphatic rings. The molecule has 4 heterocycles. The molecule has 2 aromatic heterocycles. The van der Waals surface area contributed by atoms with Gasteiger partial charge in [0.25, 0.3) is 5.91 Å². The Balaban J connectivity index is 1.42. The molecule has 2 saturated heterocycles. The third-order valence-corrected chi connectivity index (χ3v) is 6.18. The normalized spacial score (nSPS) is 22.4. The minimum absolute atomic E-state index is 0.0743. The fourth-order valence-corrected chi connectivity index (χ4v) is 4.71. The van der Waals surface area contributed by atoms with E-state index in [-0.39, 0.29) is 11.3 Å². The number of amides is 1. The Morgan fingerprint density at radius 2 is 2.19 bits per heavy atom. The fraction of sp³-hybridized carbons (Fsp3) is 0.524. The zero-order valence-corrected chi connectivity index (χ0v) is 15.8. The summed E-state index contributed by atoms with van der Waals surface area (Å²) < 4.78 is 10.6. The van der Waals surface area contributed by atoms with E-state index < -0.39 is 0 Å². The lowest BCUT2D eigenvalue weighted by Gasteiger charge is -2.42. The van der Waals surface area contributed by atoms with Crippen molar-refractivity contribution in [2.45, 2.75) is 19.4 Å². The van der Waals surface area contributed by atoms with Gasteiger partial charge < -0.3 is 14.1 Å². The average molecular weight is 369 g/mol. The Hall–Kier alpha value is -2.18. The monoisotopic (exact) mass is 369 g/mol. The molecule has 1 unspecified atom stereocenters. The van der Waals surface area contributed by atoms with Gasteiger partial charge in [-0.05, 0) is 36.5 Å². The van der Waals surface area contributed by atoms with Crippen LogP contribution in [-0.4, -0.2) is 60.6 Å². The Morgan fingerprint density at radius 3 is 2.85 bits per heavy atom. The van der Waals surface area contributed by atoms with E-state index in [9.17, 15) is 4.79 Å².